The van der Waals surface area contributed by atoms with Gasteiger partial charge >= 0.3 is 5.69 Å². The first kappa shape index (κ1) is 13.6. The summed E-state index contributed by atoms with van der Waals surface area (Å²) in [7, 11) is 0. The highest BCUT2D eigenvalue weighted by atomic mass is 16.3. The van der Waals surface area contributed by atoms with Crippen LogP contribution in [0.3, 0.4) is 0 Å². The minimum Gasteiger partial charge on any atom is -0.395 e. The molecule has 0 saturated carbocycles. The van der Waals surface area contributed by atoms with Gasteiger partial charge in [-0.15, -0.1) is 0 Å². The SMILES string of the molecule is O=c1cc(Nc2ccc3c(c2)CCC3)[nH]c(=O)n1CCO. The third-order valence-electron chi connectivity index (χ3n) is 3.72. The Labute approximate surface area is 121 Å². The van der Waals surface area contributed by atoms with Gasteiger partial charge in [0.2, 0.25) is 0 Å². The molecule has 2 aromatic rings. The highest BCUT2D eigenvalue weighted by Crippen LogP contribution is 2.25. The maximum Gasteiger partial charge on any atom is 0.329 e. The zero-order valence-electron chi connectivity index (χ0n) is 11.6. The van der Waals surface area contributed by atoms with E-state index in [0.29, 0.717) is 5.82 Å². The lowest BCUT2D eigenvalue weighted by Crippen LogP contribution is -2.35. The number of hydrogen-bond acceptors (Lipinski definition) is 4. The van der Waals surface area contributed by atoms with Crippen molar-refractivity contribution < 1.29 is 5.11 Å². The Morgan fingerprint density at radius 3 is 2.76 bits per heavy atom. The number of H-pyrrole nitrogens is 1. The van der Waals surface area contributed by atoms with Crippen LogP contribution in [0.1, 0.15) is 17.5 Å². The van der Waals surface area contributed by atoms with Crippen molar-refractivity contribution in [2.24, 2.45) is 0 Å². The molecular weight excluding hydrogens is 270 g/mol. The summed E-state index contributed by atoms with van der Waals surface area (Å²) in [6.45, 7) is -0.256. The number of hydrogen-bond donors (Lipinski definition) is 3. The Morgan fingerprint density at radius 2 is 2.00 bits per heavy atom. The van der Waals surface area contributed by atoms with Crippen LogP contribution < -0.4 is 16.6 Å². The summed E-state index contributed by atoms with van der Waals surface area (Å²) in [6.07, 6.45) is 3.36. The molecule has 21 heavy (non-hydrogen) atoms. The van der Waals surface area contributed by atoms with E-state index in [2.05, 4.69) is 22.4 Å². The average molecular weight is 287 g/mol. The van der Waals surface area contributed by atoms with Gasteiger partial charge in [0.1, 0.15) is 5.82 Å². The molecule has 0 amide bonds. The van der Waals surface area contributed by atoms with Crippen LogP contribution in [0.2, 0.25) is 0 Å². The molecule has 6 nitrogen and oxygen atoms in total. The molecule has 110 valence electrons. The second kappa shape index (κ2) is 5.57. The Kier molecular flexibility index (Phi) is 3.62. The fraction of sp³-hybridized carbons (Fsp3) is 0.333. The van der Waals surface area contributed by atoms with E-state index in [1.807, 2.05) is 6.07 Å². The number of benzene rings is 1. The summed E-state index contributed by atoms with van der Waals surface area (Å²) >= 11 is 0. The van der Waals surface area contributed by atoms with Crippen LogP contribution >= 0.6 is 0 Å². The van der Waals surface area contributed by atoms with Crippen molar-refractivity contribution in [3.63, 3.8) is 0 Å². The molecule has 0 atom stereocenters. The second-order valence-electron chi connectivity index (χ2n) is 5.16. The number of aryl methyl sites for hydroxylation is 2. The van der Waals surface area contributed by atoms with Crippen molar-refractivity contribution in [3.8, 4) is 0 Å². The molecular formula is C15H17N3O3. The lowest BCUT2D eigenvalue weighted by atomic mass is 10.1. The van der Waals surface area contributed by atoms with Gasteiger partial charge in [-0.25, -0.2) is 4.79 Å². The van der Waals surface area contributed by atoms with Crippen LogP contribution in [0.25, 0.3) is 0 Å². The zero-order chi connectivity index (χ0) is 14.8. The first-order chi connectivity index (χ1) is 10.2. The first-order valence-electron chi connectivity index (χ1n) is 7.01. The summed E-state index contributed by atoms with van der Waals surface area (Å²) in [4.78, 5) is 26.2. The minimum atomic E-state index is -0.528. The van der Waals surface area contributed by atoms with Crippen molar-refractivity contribution in [1.29, 1.82) is 0 Å². The maximum absolute atomic E-state index is 11.8. The van der Waals surface area contributed by atoms with E-state index in [1.54, 1.807) is 0 Å². The molecule has 6 heteroatoms. The van der Waals surface area contributed by atoms with Gasteiger partial charge < -0.3 is 10.4 Å². The van der Waals surface area contributed by atoms with E-state index < -0.39 is 11.2 Å². The van der Waals surface area contributed by atoms with E-state index in [0.717, 1.165) is 23.1 Å². The molecule has 1 aliphatic rings. The molecule has 0 spiro atoms. The number of fused-ring (bicyclic) bond motifs is 1. The third-order valence-corrected chi connectivity index (χ3v) is 3.72. The Bertz CT molecular complexity index is 745. The molecule has 0 aliphatic heterocycles. The number of aliphatic hydroxyl groups is 1. The van der Waals surface area contributed by atoms with E-state index in [9.17, 15) is 9.59 Å². The summed E-state index contributed by atoms with van der Waals surface area (Å²) in [5.41, 5.74) is 2.57. The molecule has 1 aromatic carbocycles. The lowest BCUT2D eigenvalue weighted by molar-refractivity contribution is 0.271. The van der Waals surface area contributed by atoms with Crippen LogP contribution in [-0.2, 0) is 19.4 Å². The summed E-state index contributed by atoms with van der Waals surface area (Å²) in [5, 5.41) is 11.9. The van der Waals surface area contributed by atoms with Gasteiger partial charge in [0.15, 0.2) is 0 Å². The number of nitrogens with one attached hydrogen (secondary N) is 2. The van der Waals surface area contributed by atoms with Gasteiger partial charge in [0.25, 0.3) is 5.56 Å². The van der Waals surface area contributed by atoms with Gasteiger partial charge in [-0.05, 0) is 42.5 Å². The average Bonchev–Trinajstić information content (AvgIpc) is 2.90. The largest absolute Gasteiger partial charge is 0.395 e. The molecule has 0 bridgehead atoms. The number of nitrogens with zero attached hydrogens (tertiary/aromatic N) is 1. The predicted molar refractivity (Wildman–Crippen MR) is 80.2 cm³/mol. The topological polar surface area (TPSA) is 87.1 Å². The van der Waals surface area contributed by atoms with Gasteiger partial charge in [0, 0.05) is 11.8 Å². The first-order valence-corrected chi connectivity index (χ1v) is 7.01. The number of rotatable bonds is 4. The van der Waals surface area contributed by atoms with Gasteiger partial charge in [0.05, 0.1) is 13.2 Å². The Balaban J connectivity index is 1.88. The van der Waals surface area contributed by atoms with Crippen molar-refractivity contribution in [3.05, 3.63) is 56.2 Å². The number of aromatic nitrogens is 2. The zero-order valence-corrected chi connectivity index (χ0v) is 11.6. The Morgan fingerprint density at radius 1 is 1.19 bits per heavy atom. The molecule has 3 N–H and O–H groups in total. The van der Waals surface area contributed by atoms with Crippen LogP contribution in [0.4, 0.5) is 11.5 Å². The Hall–Kier alpha value is -2.34. The van der Waals surface area contributed by atoms with Gasteiger partial charge in [-0.2, -0.15) is 0 Å². The normalized spacial score (nSPS) is 13.2. The molecule has 0 radical (unpaired) electrons. The van der Waals surface area contributed by atoms with E-state index >= 15 is 0 Å². The third kappa shape index (κ3) is 2.75. The highest BCUT2D eigenvalue weighted by Gasteiger charge is 2.11. The predicted octanol–water partition coefficient (Wildman–Crippen LogP) is 0.761. The molecule has 0 fully saturated rings. The smallest absolute Gasteiger partial charge is 0.329 e. The van der Waals surface area contributed by atoms with Gasteiger partial charge in [-0.1, -0.05) is 6.07 Å². The molecule has 1 heterocycles. The monoisotopic (exact) mass is 287 g/mol. The van der Waals surface area contributed by atoms with Crippen LogP contribution in [-0.4, -0.2) is 21.3 Å². The fourth-order valence-electron chi connectivity index (χ4n) is 2.70. The van der Waals surface area contributed by atoms with E-state index in [4.69, 9.17) is 5.11 Å². The summed E-state index contributed by atoms with van der Waals surface area (Å²) in [5.74, 6) is 0.358. The lowest BCUT2D eigenvalue weighted by Gasteiger charge is -2.09. The van der Waals surface area contributed by atoms with Crippen LogP contribution in [0.5, 0.6) is 0 Å². The summed E-state index contributed by atoms with van der Waals surface area (Å²) in [6, 6.07) is 7.40. The van der Waals surface area contributed by atoms with E-state index in [-0.39, 0.29) is 13.2 Å². The van der Waals surface area contributed by atoms with E-state index in [1.165, 1.54) is 23.6 Å². The number of anilines is 2. The molecule has 0 saturated heterocycles. The van der Waals surface area contributed by atoms with Crippen molar-refractivity contribution in [2.75, 3.05) is 11.9 Å². The fourth-order valence-corrected chi connectivity index (χ4v) is 2.70. The second-order valence-corrected chi connectivity index (χ2v) is 5.16. The highest BCUT2D eigenvalue weighted by molar-refractivity contribution is 5.58. The van der Waals surface area contributed by atoms with Crippen molar-refractivity contribution in [1.82, 2.24) is 9.55 Å². The van der Waals surface area contributed by atoms with Gasteiger partial charge in [-0.3, -0.25) is 14.3 Å². The quantitative estimate of drug-likeness (QED) is 0.775. The maximum atomic E-state index is 11.8. The molecule has 3 rings (SSSR count). The van der Waals surface area contributed by atoms with Crippen molar-refractivity contribution in [2.45, 2.75) is 25.8 Å². The minimum absolute atomic E-state index is 0.00665. The van der Waals surface area contributed by atoms with Crippen LogP contribution in [0.15, 0.2) is 33.9 Å². The molecule has 1 aromatic heterocycles. The molecule has 1 aliphatic carbocycles. The van der Waals surface area contributed by atoms with Crippen LogP contribution in [0, 0.1) is 0 Å². The van der Waals surface area contributed by atoms with Crippen molar-refractivity contribution >= 4 is 11.5 Å². The summed E-state index contributed by atoms with van der Waals surface area (Å²) < 4.78 is 0.966. The number of aliphatic hydroxyl groups excluding tert-OH is 1. The number of aromatic amines is 1. The molecule has 0 unspecified atom stereocenters. The standard InChI is InChI=1S/C15H17N3O3/c19-7-6-18-14(20)9-13(17-15(18)21)16-12-5-4-10-2-1-3-11(10)8-12/h4-5,8-9,16,19H,1-3,6-7H2,(H,17,21).